The van der Waals surface area contributed by atoms with Crippen LogP contribution in [0.3, 0.4) is 0 Å². The molecule has 1 unspecified atom stereocenters. The number of ether oxygens (including phenoxy) is 1. The molecule has 5 nitrogen and oxygen atoms in total. The molecule has 2 N–H and O–H groups in total. The fourth-order valence-electron chi connectivity index (χ4n) is 3.00. The second kappa shape index (κ2) is 8.60. The van der Waals surface area contributed by atoms with Crippen molar-refractivity contribution in [2.75, 3.05) is 39.4 Å². The molecule has 1 atom stereocenters. The minimum Gasteiger partial charge on any atom is -0.381 e. The molecule has 2 aliphatic heterocycles. The lowest BCUT2D eigenvalue weighted by Crippen LogP contribution is -2.47. The topological polar surface area (TPSA) is 53.6 Å². The Labute approximate surface area is 122 Å². The molecule has 0 saturated carbocycles. The molecule has 1 amide bonds. The van der Waals surface area contributed by atoms with Crippen molar-refractivity contribution >= 4 is 5.91 Å². The maximum atomic E-state index is 11.8. The van der Waals surface area contributed by atoms with Gasteiger partial charge in [0.05, 0.1) is 6.54 Å². The van der Waals surface area contributed by atoms with Crippen molar-refractivity contribution in [3.8, 4) is 0 Å². The van der Waals surface area contributed by atoms with Gasteiger partial charge in [-0.15, -0.1) is 0 Å². The van der Waals surface area contributed by atoms with Crippen LogP contribution in [-0.2, 0) is 9.53 Å². The van der Waals surface area contributed by atoms with Crippen molar-refractivity contribution in [1.82, 2.24) is 15.5 Å². The van der Waals surface area contributed by atoms with Crippen molar-refractivity contribution in [2.24, 2.45) is 0 Å². The predicted octanol–water partition coefficient (Wildman–Crippen LogP) is 0.746. The molecule has 116 valence electrons. The molecule has 5 heteroatoms. The molecule has 20 heavy (non-hydrogen) atoms. The van der Waals surface area contributed by atoms with Crippen LogP contribution in [0, 0.1) is 0 Å². The van der Waals surface area contributed by atoms with E-state index in [4.69, 9.17) is 4.74 Å². The zero-order valence-corrected chi connectivity index (χ0v) is 12.7. The molecule has 0 aromatic heterocycles. The van der Waals surface area contributed by atoms with E-state index in [-0.39, 0.29) is 5.91 Å². The Morgan fingerprint density at radius 1 is 1.25 bits per heavy atom. The Balaban J connectivity index is 1.56. The highest BCUT2D eigenvalue weighted by Crippen LogP contribution is 2.11. The van der Waals surface area contributed by atoms with Gasteiger partial charge in [0.25, 0.3) is 0 Å². The number of amides is 1. The zero-order chi connectivity index (χ0) is 14.2. The number of likely N-dealkylation sites (tertiary alicyclic amines) is 1. The van der Waals surface area contributed by atoms with E-state index in [9.17, 15) is 4.79 Å². The van der Waals surface area contributed by atoms with Gasteiger partial charge >= 0.3 is 0 Å². The molecule has 0 aromatic carbocycles. The molecule has 0 aliphatic carbocycles. The number of rotatable bonds is 6. The molecule has 0 aromatic rings. The van der Waals surface area contributed by atoms with Crippen LogP contribution in [0.5, 0.6) is 0 Å². The lowest BCUT2D eigenvalue weighted by Gasteiger charge is -2.32. The molecule has 2 saturated heterocycles. The smallest absolute Gasteiger partial charge is 0.234 e. The number of nitrogens with one attached hydrogen (secondary N) is 2. The highest BCUT2D eigenvalue weighted by Gasteiger charge is 2.18. The first-order chi connectivity index (χ1) is 9.75. The highest BCUT2D eigenvalue weighted by atomic mass is 16.5. The molecular formula is C15H29N3O2. The first kappa shape index (κ1) is 15.7. The summed E-state index contributed by atoms with van der Waals surface area (Å²) in [4.78, 5) is 14.4. The lowest BCUT2D eigenvalue weighted by atomic mass is 10.1. The quantitative estimate of drug-likeness (QED) is 0.755. The van der Waals surface area contributed by atoms with Gasteiger partial charge < -0.3 is 15.4 Å². The maximum absolute atomic E-state index is 11.8. The molecular weight excluding hydrogens is 254 g/mol. The first-order valence-corrected chi connectivity index (χ1v) is 8.07. The predicted molar refractivity (Wildman–Crippen MR) is 79.7 cm³/mol. The van der Waals surface area contributed by atoms with Gasteiger partial charge in [-0.2, -0.15) is 0 Å². The zero-order valence-electron chi connectivity index (χ0n) is 12.7. The average Bonchev–Trinajstić information content (AvgIpc) is 2.49. The summed E-state index contributed by atoms with van der Waals surface area (Å²) in [5, 5.41) is 6.36. The van der Waals surface area contributed by atoms with Crippen LogP contribution >= 0.6 is 0 Å². The summed E-state index contributed by atoms with van der Waals surface area (Å²) in [6, 6.07) is 0.823. The molecule has 0 radical (unpaired) electrons. The molecule has 2 rings (SSSR count). The second-order valence-corrected chi connectivity index (χ2v) is 6.03. The van der Waals surface area contributed by atoms with Gasteiger partial charge in [-0.05, 0) is 45.7 Å². The van der Waals surface area contributed by atoms with Gasteiger partial charge in [0.2, 0.25) is 5.91 Å². The average molecular weight is 283 g/mol. The Bertz CT molecular complexity index is 287. The summed E-state index contributed by atoms with van der Waals surface area (Å²) in [7, 11) is 0. The van der Waals surface area contributed by atoms with Crippen LogP contribution in [0.25, 0.3) is 0 Å². The van der Waals surface area contributed by atoms with Crippen molar-refractivity contribution in [1.29, 1.82) is 0 Å². The Hall–Kier alpha value is -0.650. The van der Waals surface area contributed by atoms with Crippen LogP contribution in [-0.4, -0.2) is 62.3 Å². The summed E-state index contributed by atoms with van der Waals surface area (Å²) in [5.41, 5.74) is 0. The van der Waals surface area contributed by atoms with Crippen LogP contribution < -0.4 is 10.6 Å². The van der Waals surface area contributed by atoms with E-state index < -0.39 is 0 Å². The van der Waals surface area contributed by atoms with E-state index in [0.717, 1.165) is 32.6 Å². The van der Waals surface area contributed by atoms with Crippen LogP contribution in [0.15, 0.2) is 0 Å². The minimum atomic E-state index is 0.114. The standard InChI is InChI=1S/C15H29N3O2/c1-13(18-7-3-2-4-8-18)11-16-12-15(19)17-14-5-9-20-10-6-14/h13-14,16H,2-12H2,1H3,(H,17,19). The van der Waals surface area contributed by atoms with E-state index >= 15 is 0 Å². The SMILES string of the molecule is CC(CNCC(=O)NC1CCOCC1)N1CCCCC1. The molecule has 2 aliphatic rings. The summed E-state index contributed by atoms with van der Waals surface area (Å²) in [6.45, 7) is 7.51. The van der Waals surface area contributed by atoms with Gasteiger partial charge in [-0.25, -0.2) is 0 Å². The summed E-state index contributed by atoms with van der Waals surface area (Å²) < 4.78 is 5.29. The Morgan fingerprint density at radius 3 is 2.65 bits per heavy atom. The largest absolute Gasteiger partial charge is 0.381 e. The number of hydrogen-bond donors (Lipinski definition) is 2. The van der Waals surface area contributed by atoms with Gasteiger partial charge in [-0.1, -0.05) is 6.42 Å². The minimum absolute atomic E-state index is 0.114. The Morgan fingerprint density at radius 2 is 1.95 bits per heavy atom. The number of carbonyl (C=O) groups excluding carboxylic acids is 1. The summed E-state index contributed by atoms with van der Waals surface area (Å²) >= 11 is 0. The van der Waals surface area contributed by atoms with Crippen LogP contribution in [0.1, 0.15) is 39.0 Å². The highest BCUT2D eigenvalue weighted by molar-refractivity contribution is 5.78. The third kappa shape index (κ3) is 5.38. The summed E-state index contributed by atoms with van der Waals surface area (Å²) in [5.74, 6) is 0.114. The monoisotopic (exact) mass is 283 g/mol. The number of piperidine rings is 1. The van der Waals surface area contributed by atoms with Crippen molar-refractivity contribution in [2.45, 2.75) is 51.1 Å². The lowest BCUT2D eigenvalue weighted by molar-refractivity contribution is -0.121. The maximum Gasteiger partial charge on any atom is 0.234 e. The van der Waals surface area contributed by atoms with Crippen LogP contribution in [0.2, 0.25) is 0 Å². The van der Waals surface area contributed by atoms with E-state index in [2.05, 4.69) is 22.5 Å². The fourth-order valence-corrected chi connectivity index (χ4v) is 3.00. The third-order valence-electron chi connectivity index (χ3n) is 4.33. The normalized spacial score (nSPS) is 23.4. The number of nitrogens with zero attached hydrogens (tertiary/aromatic N) is 1. The van der Waals surface area contributed by atoms with Gasteiger partial charge in [0.1, 0.15) is 0 Å². The molecule has 0 bridgehead atoms. The number of carbonyl (C=O) groups is 1. The number of hydrogen-bond acceptors (Lipinski definition) is 4. The van der Waals surface area contributed by atoms with E-state index in [1.54, 1.807) is 0 Å². The molecule has 0 spiro atoms. The molecule has 2 heterocycles. The van der Waals surface area contributed by atoms with Gasteiger partial charge in [-0.3, -0.25) is 9.69 Å². The summed E-state index contributed by atoms with van der Waals surface area (Å²) in [6.07, 6.45) is 5.87. The van der Waals surface area contributed by atoms with Gasteiger partial charge in [0, 0.05) is 31.8 Å². The van der Waals surface area contributed by atoms with Gasteiger partial charge in [0.15, 0.2) is 0 Å². The van der Waals surface area contributed by atoms with E-state index in [0.29, 0.717) is 18.6 Å². The van der Waals surface area contributed by atoms with E-state index in [1.807, 2.05) is 0 Å². The second-order valence-electron chi connectivity index (χ2n) is 6.03. The van der Waals surface area contributed by atoms with Crippen LogP contribution in [0.4, 0.5) is 0 Å². The van der Waals surface area contributed by atoms with E-state index in [1.165, 1.54) is 32.4 Å². The van der Waals surface area contributed by atoms with Crippen molar-refractivity contribution in [3.05, 3.63) is 0 Å². The Kier molecular flexibility index (Phi) is 6.76. The fraction of sp³-hybridized carbons (Fsp3) is 0.933. The first-order valence-electron chi connectivity index (χ1n) is 8.07. The third-order valence-corrected chi connectivity index (χ3v) is 4.33. The van der Waals surface area contributed by atoms with Crippen molar-refractivity contribution < 1.29 is 9.53 Å². The molecule has 2 fully saturated rings. The van der Waals surface area contributed by atoms with Crippen molar-refractivity contribution in [3.63, 3.8) is 0 Å².